The van der Waals surface area contributed by atoms with Gasteiger partial charge in [-0.05, 0) is 31.5 Å². The van der Waals surface area contributed by atoms with Crippen molar-refractivity contribution < 1.29 is 0 Å². The summed E-state index contributed by atoms with van der Waals surface area (Å²) in [7, 11) is 0. The van der Waals surface area contributed by atoms with Gasteiger partial charge in [0.15, 0.2) is 0 Å². The van der Waals surface area contributed by atoms with E-state index in [-0.39, 0.29) is 6.04 Å². The van der Waals surface area contributed by atoms with Crippen LogP contribution >= 0.6 is 0 Å². The second-order valence-electron chi connectivity index (χ2n) is 5.17. The highest BCUT2D eigenvalue weighted by atomic mass is 15.2. The van der Waals surface area contributed by atoms with E-state index in [0.29, 0.717) is 12.5 Å². The highest BCUT2D eigenvalue weighted by Crippen LogP contribution is 2.28. The molecule has 1 aliphatic rings. The summed E-state index contributed by atoms with van der Waals surface area (Å²) in [5, 5.41) is 12.6. The molecule has 2 atom stereocenters. The minimum Gasteiger partial charge on any atom is -0.315 e. The Morgan fingerprint density at radius 2 is 2.21 bits per heavy atom. The van der Waals surface area contributed by atoms with Crippen LogP contribution in [0.15, 0.2) is 30.3 Å². The molecule has 1 saturated heterocycles. The van der Waals surface area contributed by atoms with Crippen LogP contribution in [-0.2, 0) is 0 Å². The first-order chi connectivity index (χ1) is 9.36. The molecule has 0 amide bonds. The monoisotopic (exact) mass is 257 g/mol. The molecule has 19 heavy (non-hydrogen) atoms. The van der Waals surface area contributed by atoms with E-state index in [1.54, 1.807) is 0 Å². The molecule has 1 aliphatic heterocycles. The molecular formula is C16H23N3. The lowest BCUT2D eigenvalue weighted by Gasteiger charge is -2.35. The number of benzene rings is 1. The lowest BCUT2D eigenvalue weighted by Crippen LogP contribution is -2.40. The third-order valence-electron chi connectivity index (χ3n) is 3.85. The molecule has 0 aromatic heterocycles. The number of nitrogens with one attached hydrogen (secondary N) is 1. The van der Waals surface area contributed by atoms with Gasteiger partial charge in [0.25, 0.3) is 0 Å². The van der Waals surface area contributed by atoms with E-state index in [9.17, 15) is 0 Å². The maximum atomic E-state index is 9.17. The van der Waals surface area contributed by atoms with Gasteiger partial charge in [-0.2, -0.15) is 5.26 Å². The van der Waals surface area contributed by atoms with Crippen molar-refractivity contribution in [3.63, 3.8) is 0 Å². The fraction of sp³-hybridized carbons (Fsp3) is 0.562. The van der Waals surface area contributed by atoms with Gasteiger partial charge in [-0.3, -0.25) is 4.90 Å². The van der Waals surface area contributed by atoms with Crippen molar-refractivity contribution in [2.75, 3.05) is 19.6 Å². The average molecular weight is 257 g/mol. The molecule has 102 valence electrons. The number of nitriles is 1. The van der Waals surface area contributed by atoms with Gasteiger partial charge in [-0.15, -0.1) is 0 Å². The van der Waals surface area contributed by atoms with Crippen LogP contribution in [0.25, 0.3) is 0 Å². The van der Waals surface area contributed by atoms with Gasteiger partial charge in [-0.1, -0.05) is 37.3 Å². The molecule has 1 fully saturated rings. The Balaban J connectivity index is 2.21. The quantitative estimate of drug-likeness (QED) is 0.851. The molecule has 0 bridgehead atoms. The fourth-order valence-electron chi connectivity index (χ4n) is 2.96. The van der Waals surface area contributed by atoms with E-state index in [0.717, 1.165) is 26.1 Å². The molecule has 1 heterocycles. The number of hydrogen-bond acceptors (Lipinski definition) is 3. The van der Waals surface area contributed by atoms with E-state index in [2.05, 4.69) is 47.5 Å². The summed E-state index contributed by atoms with van der Waals surface area (Å²) in [4.78, 5) is 2.53. The molecule has 3 nitrogen and oxygen atoms in total. The lowest BCUT2D eigenvalue weighted by atomic mass is 10.00. The van der Waals surface area contributed by atoms with E-state index in [4.69, 9.17) is 5.26 Å². The Morgan fingerprint density at radius 1 is 1.42 bits per heavy atom. The summed E-state index contributed by atoms with van der Waals surface area (Å²) in [6, 6.07) is 13.6. The molecule has 0 spiro atoms. The van der Waals surface area contributed by atoms with Crippen molar-refractivity contribution in [1.82, 2.24) is 10.2 Å². The maximum absolute atomic E-state index is 9.17. The van der Waals surface area contributed by atoms with Gasteiger partial charge >= 0.3 is 0 Å². The SMILES string of the molecule is CCCN(C1CCNC1)C(CC#N)c1ccccc1. The summed E-state index contributed by atoms with van der Waals surface area (Å²) in [6.45, 7) is 5.42. The second kappa shape index (κ2) is 7.28. The van der Waals surface area contributed by atoms with Gasteiger partial charge in [0.2, 0.25) is 0 Å². The van der Waals surface area contributed by atoms with Gasteiger partial charge in [-0.25, -0.2) is 0 Å². The third kappa shape index (κ3) is 3.56. The second-order valence-corrected chi connectivity index (χ2v) is 5.17. The van der Waals surface area contributed by atoms with Gasteiger partial charge in [0.1, 0.15) is 0 Å². The summed E-state index contributed by atoms with van der Waals surface area (Å²) in [6.07, 6.45) is 2.89. The topological polar surface area (TPSA) is 39.1 Å². The normalized spacial score (nSPS) is 20.4. The molecule has 1 aromatic carbocycles. The first-order valence-corrected chi connectivity index (χ1v) is 7.25. The Morgan fingerprint density at radius 3 is 2.79 bits per heavy atom. The number of hydrogen-bond donors (Lipinski definition) is 1. The molecule has 0 radical (unpaired) electrons. The highest BCUT2D eigenvalue weighted by Gasteiger charge is 2.28. The molecule has 1 aromatic rings. The van der Waals surface area contributed by atoms with Crippen LogP contribution in [0.1, 0.15) is 37.8 Å². The van der Waals surface area contributed by atoms with Crippen LogP contribution in [0.3, 0.4) is 0 Å². The third-order valence-corrected chi connectivity index (χ3v) is 3.85. The van der Waals surface area contributed by atoms with Crippen LogP contribution in [-0.4, -0.2) is 30.6 Å². The fourth-order valence-corrected chi connectivity index (χ4v) is 2.96. The van der Waals surface area contributed by atoms with Crippen LogP contribution in [0, 0.1) is 11.3 Å². The minimum atomic E-state index is 0.232. The minimum absolute atomic E-state index is 0.232. The standard InChI is InChI=1S/C16H23N3/c1-2-12-19(15-9-11-18-13-15)16(8-10-17)14-6-4-3-5-7-14/h3-7,15-16,18H,2,8-9,11-13H2,1H3. The molecule has 1 N–H and O–H groups in total. The Labute approximate surface area is 116 Å². The zero-order valence-corrected chi connectivity index (χ0v) is 11.7. The molecule has 0 saturated carbocycles. The van der Waals surface area contributed by atoms with E-state index < -0.39 is 0 Å². The average Bonchev–Trinajstić information content (AvgIpc) is 2.97. The maximum Gasteiger partial charge on any atom is 0.0641 e. The predicted octanol–water partition coefficient (Wildman–Crippen LogP) is 2.72. The summed E-state index contributed by atoms with van der Waals surface area (Å²) >= 11 is 0. The van der Waals surface area contributed by atoms with Crippen LogP contribution in [0.5, 0.6) is 0 Å². The van der Waals surface area contributed by atoms with Crippen molar-refractivity contribution in [2.24, 2.45) is 0 Å². The Bertz CT molecular complexity index is 404. The van der Waals surface area contributed by atoms with E-state index >= 15 is 0 Å². The van der Waals surface area contributed by atoms with Crippen LogP contribution in [0.4, 0.5) is 0 Å². The summed E-state index contributed by atoms with van der Waals surface area (Å²) in [5.74, 6) is 0. The highest BCUT2D eigenvalue weighted by molar-refractivity contribution is 5.20. The van der Waals surface area contributed by atoms with Crippen molar-refractivity contribution in [3.8, 4) is 6.07 Å². The van der Waals surface area contributed by atoms with Gasteiger partial charge in [0.05, 0.1) is 12.5 Å². The zero-order valence-electron chi connectivity index (χ0n) is 11.7. The lowest BCUT2D eigenvalue weighted by molar-refractivity contribution is 0.144. The van der Waals surface area contributed by atoms with Gasteiger partial charge < -0.3 is 5.32 Å². The van der Waals surface area contributed by atoms with Crippen molar-refractivity contribution in [2.45, 2.75) is 38.3 Å². The first-order valence-electron chi connectivity index (χ1n) is 7.25. The zero-order chi connectivity index (χ0) is 13.5. The number of nitrogens with zero attached hydrogens (tertiary/aromatic N) is 2. The first kappa shape index (κ1) is 14.0. The van der Waals surface area contributed by atoms with Crippen molar-refractivity contribution in [3.05, 3.63) is 35.9 Å². The Hall–Kier alpha value is -1.37. The van der Waals surface area contributed by atoms with Crippen LogP contribution in [0.2, 0.25) is 0 Å². The van der Waals surface area contributed by atoms with E-state index in [1.807, 2.05) is 6.07 Å². The van der Waals surface area contributed by atoms with Crippen molar-refractivity contribution >= 4 is 0 Å². The molecule has 2 rings (SSSR count). The molecule has 2 unspecified atom stereocenters. The smallest absolute Gasteiger partial charge is 0.0641 e. The molecule has 3 heteroatoms. The molecule has 0 aliphatic carbocycles. The van der Waals surface area contributed by atoms with E-state index in [1.165, 1.54) is 12.0 Å². The van der Waals surface area contributed by atoms with Gasteiger partial charge in [0, 0.05) is 18.6 Å². The van der Waals surface area contributed by atoms with Crippen molar-refractivity contribution in [1.29, 1.82) is 5.26 Å². The molecular weight excluding hydrogens is 234 g/mol. The summed E-state index contributed by atoms with van der Waals surface area (Å²) in [5.41, 5.74) is 1.27. The number of rotatable bonds is 6. The predicted molar refractivity (Wildman–Crippen MR) is 77.7 cm³/mol. The largest absolute Gasteiger partial charge is 0.315 e. The Kier molecular flexibility index (Phi) is 5.38. The summed E-state index contributed by atoms with van der Waals surface area (Å²) < 4.78 is 0. The van der Waals surface area contributed by atoms with Crippen LogP contribution < -0.4 is 5.32 Å².